The van der Waals surface area contributed by atoms with Gasteiger partial charge in [-0.15, -0.1) is 0 Å². The van der Waals surface area contributed by atoms with Crippen molar-refractivity contribution in [3.8, 4) is 0 Å². The third kappa shape index (κ3) is 4.30. The number of benzene rings is 1. The van der Waals surface area contributed by atoms with Crippen LogP contribution in [0.2, 0.25) is 0 Å². The molecule has 0 unspecified atom stereocenters. The first-order chi connectivity index (χ1) is 8.19. The van der Waals surface area contributed by atoms with Gasteiger partial charge in [0.2, 0.25) is 5.91 Å². The number of rotatable bonds is 6. The van der Waals surface area contributed by atoms with Crippen LogP contribution < -0.4 is 10.6 Å². The first-order valence-electron chi connectivity index (χ1n) is 5.84. The quantitative estimate of drug-likeness (QED) is 0.792. The average Bonchev–Trinajstić information content (AvgIpc) is 2.34. The Balaban J connectivity index is 2.77. The van der Waals surface area contributed by atoms with Crippen molar-refractivity contribution < 1.29 is 4.79 Å². The van der Waals surface area contributed by atoms with Crippen LogP contribution >= 0.6 is 11.8 Å². The number of thioether (sulfide) groups is 1. The summed E-state index contributed by atoms with van der Waals surface area (Å²) < 4.78 is 0. The van der Waals surface area contributed by atoms with Gasteiger partial charge in [-0.05, 0) is 36.9 Å². The van der Waals surface area contributed by atoms with E-state index in [9.17, 15) is 4.79 Å². The van der Waals surface area contributed by atoms with E-state index in [1.807, 2.05) is 35.4 Å². The second-order valence-electron chi connectivity index (χ2n) is 3.88. The molecule has 0 fully saturated rings. The van der Waals surface area contributed by atoms with Gasteiger partial charge in [0, 0.05) is 30.1 Å². The molecule has 94 valence electrons. The second kappa shape index (κ2) is 7.22. The number of carbonyl (C=O) groups excluding carboxylic acids is 1. The summed E-state index contributed by atoms with van der Waals surface area (Å²) in [5.74, 6) is 1.06. The lowest BCUT2D eigenvalue weighted by atomic mass is 10.2. The van der Waals surface area contributed by atoms with Crippen molar-refractivity contribution in [2.75, 3.05) is 29.2 Å². The van der Waals surface area contributed by atoms with Crippen LogP contribution in [0.15, 0.2) is 24.3 Å². The standard InChI is InChI=1S/C13H20N2OS/c1-3-9-15(13(16)8-10-17-2)12-6-4-11(14)5-7-12/h4-7H,3,8-10,14H2,1-2H3. The fourth-order valence-corrected chi connectivity index (χ4v) is 1.98. The maximum atomic E-state index is 12.1. The van der Waals surface area contributed by atoms with Crippen molar-refractivity contribution in [1.82, 2.24) is 0 Å². The summed E-state index contributed by atoms with van der Waals surface area (Å²) in [7, 11) is 0. The lowest BCUT2D eigenvalue weighted by Crippen LogP contribution is -2.31. The fraction of sp³-hybridized carbons (Fsp3) is 0.462. The number of anilines is 2. The summed E-state index contributed by atoms with van der Waals surface area (Å²) in [5, 5.41) is 0. The fourth-order valence-electron chi connectivity index (χ4n) is 1.60. The Morgan fingerprint density at radius 3 is 2.53 bits per heavy atom. The molecule has 1 aromatic carbocycles. The highest BCUT2D eigenvalue weighted by molar-refractivity contribution is 7.98. The smallest absolute Gasteiger partial charge is 0.227 e. The van der Waals surface area contributed by atoms with Gasteiger partial charge in [0.25, 0.3) is 0 Å². The molecule has 1 aromatic rings. The summed E-state index contributed by atoms with van der Waals surface area (Å²) in [4.78, 5) is 13.9. The maximum absolute atomic E-state index is 12.1. The monoisotopic (exact) mass is 252 g/mol. The molecule has 17 heavy (non-hydrogen) atoms. The van der Waals surface area contributed by atoms with Gasteiger partial charge < -0.3 is 10.6 Å². The molecule has 0 bridgehead atoms. The topological polar surface area (TPSA) is 46.3 Å². The third-order valence-corrected chi connectivity index (χ3v) is 3.09. The maximum Gasteiger partial charge on any atom is 0.227 e. The van der Waals surface area contributed by atoms with Crippen molar-refractivity contribution in [3.05, 3.63) is 24.3 Å². The van der Waals surface area contributed by atoms with Crippen LogP contribution in [0.1, 0.15) is 19.8 Å². The Morgan fingerprint density at radius 1 is 1.35 bits per heavy atom. The van der Waals surface area contributed by atoms with E-state index in [-0.39, 0.29) is 5.91 Å². The molecule has 0 atom stereocenters. The third-order valence-electron chi connectivity index (χ3n) is 2.47. The molecule has 4 heteroatoms. The number of nitrogens with two attached hydrogens (primary N) is 1. The Hall–Kier alpha value is -1.16. The highest BCUT2D eigenvalue weighted by Crippen LogP contribution is 2.18. The molecule has 0 radical (unpaired) electrons. The van der Waals surface area contributed by atoms with Crippen LogP contribution in [0.3, 0.4) is 0 Å². The summed E-state index contributed by atoms with van der Waals surface area (Å²) in [5.41, 5.74) is 7.31. The van der Waals surface area contributed by atoms with E-state index in [4.69, 9.17) is 5.73 Å². The predicted octanol–water partition coefficient (Wildman–Crippen LogP) is 2.76. The number of amides is 1. The minimum Gasteiger partial charge on any atom is -0.399 e. The molecular formula is C13H20N2OS. The second-order valence-corrected chi connectivity index (χ2v) is 4.87. The van der Waals surface area contributed by atoms with E-state index in [1.165, 1.54) is 0 Å². The van der Waals surface area contributed by atoms with Gasteiger partial charge in [0.05, 0.1) is 0 Å². The number of hydrogen-bond donors (Lipinski definition) is 1. The molecular weight excluding hydrogens is 232 g/mol. The van der Waals surface area contributed by atoms with E-state index < -0.39 is 0 Å². The molecule has 0 aliphatic carbocycles. The molecule has 1 amide bonds. The number of nitrogens with zero attached hydrogens (tertiary/aromatic N) is 1. The lowest BCUT2D eigenvalue weighted by Gasteiger charge is -2.22. The van der Waals surface area contributed by atoms with Gasteiger partial charge in [0.1, 0.15) is 0 Å². The van der Waals surface area contributed by atoms with Crippen molar-refractivity contribution in [2.45, 2.75) is 19.8 Å². The molecule has 2 N–H and O–H groups in total. The first kappa shape index (κ1) is 13.9. The lowest BCUT2D eigenvalue weighted by molar-refractivity contribution is -0.118. The molecule has 1 rings (SSSR count). The normalized spacial score (nSPS) is 10.2. The highest BCUT2D eigenvalue weighted by atomic mass is 32.2. The zero-order chi connectivity index (χ0) is 12.7. The van der Waals surface area contributed by atoms with Gasteiger partial charge in [0.15, 0.2) is 0 Å². The Bertz CT molecular complexity index is 351. The van der Waals surface area contributed by atoms with Gasteiger partial charge in [-0.3, -0.25) is 4.79 Å². The minimum atomic E-state index is 0.186. The van der Waals surface area contributed by atoms with E-state index in [2.05, 4.69) is 6.92 Å². The highest BCUT2D eigenvalue weighted by Gasteiger charge is 2.13. The summed E-state index contributed by atoms with van der Waals surface area (Å²) in [6, 6.07) is 7.48. The number of carbonyl (C=O) groups is 1. The van der Waals surface area contributed by atoms with Gasteiger partial charge in [-0.25, -0.2) is 0 Å². The first-order valence-corrected chi connectivity index (χ1v) is 7.23. The summed E-state index contributed by atoms with van der Waals surface area (Å²) in [6.45, 7) is 2.84. The van der Waals surface area contributed by atoms with E-state index >= 15 is 0 Å². The summed E-state index contributed by atoms with van der Waals surface area (Å²) >= 11 is 1.70. The minimum absolute atomic E-state index is 0.186. The van der Waals surface area contributed by atoms with Crippen LogP contribution in [0.25, 0.3) is 0 Å². The molecule has 3 nitrogen and oxygen atoms in total. The molecule has 0 aliphatic heterocycles. The molecule has 0 saturated carbocycles. The summed E-state index contributed by atoms with van der Waals surface area (Å²) in [6.07, 6.45) is 3.56. The Morgan fingerprint density at radius 2 is 2.00 bits per heavy atom. The van der Waals surface area contributed by atoms with Crippen LogP contribution in [0, 0.1) is 0 Å². The van der Waals surface area contributed by atoms with Crippen LogP contribution in [0.5, 0.6) is 0 Å². The Kier molecular flexibility index (Phi) is 5.91. The zero-order valence-electron chi connectivity index (χ0n) is 10.5. The Labute approximate surface area is 107 Å². The van der Waals surface area contributed by atoms with Crippen molar-refractivity contribution >= 4 is 29.0 Å². The molecule has 0 saturated heterocycles. The molecule has 0 spiro atoms. The van der Waals surface area contributed by atoms with Crippen molar-refractivity contribution in [2.24, 2.45) is 0 Å². The number of nitrogen functional groups attached to an aromatic ring is 1. The van der Waals surface area contributed by atoms with Crippen molar-refractivity contribution in [1.29, 1.82) is 0 Å². The number of hydrogen-bond acceptors (Lipinski definition) is 3. The van der Waals surface area contributed by atoms with E-state index in [0.717, 1.165) is 30.1 Å². The molecule has 0 aliphatic rings. The van der Waals surface area contributed by atoms with Crippen LogP contribution in [-0.4, -0.2) is 24.5 Å². The van der Waals surface area contributed by atoms with E-state index in [0.29, 0.717) is 6.42 Å². The largest absolute Gasteiger partial charge is 0.399 e. The molecule has 0 aromatic heterocycles. The van der Waals surface area contributed by atoms with Gasteiger partial charge in [-0.1, -0.05) is 6.92 Å². The van der Waals surface area contributed by atoms with Crippen LogP contribution in [0.4, 0.5) is 11.4 Å². The average molecular weight is 252 g/mol. The van der Waals surface area contributed by atoms with E-state index in [1.54, 1.807) is 11.8 Å². The SMILES string of the molecule is CCCN(C(=O)CCSC)c1ccc(N)cc1. The van der Waals surface area contributed by atoms with Gasteiger partial charge in [-0.2, -0.15) is 11.8 Å². The predicted molar refractivity (Wildman–Crippen MR) is 76.5 cm³/mol. The molecule has 0 heterocycles. The zero-order valence-corrected chi connectivity index (χ0v) is 11.3. The van der Waals surface area contributed by atoms with Crippen molar-refractivity contribution in [3.63, 3.8) is 0 Å². The van der Waals surface area contributed by atoms with Gasteiger partial charge >= 0.3 is 0 Å². The van der Waals surface area contributed by atoms with Crippen LogP contribution in [-0.2, 0) is 4.79 Å².